The van der Waals surface area contributed by atoms with Crippen molar-refractivity contribution in [1.82, 2.24) is 4.98 Å². The molecule has 217 valence electrons. The van der Waals surface area contributed by atoms with Crippen LogP contribution in [0.5, 0.6) is 0 Å². The Morgan fingerprint density at radius 1 is 0.881 bits per heavy atom. The zero-order valence-corrected chi connectivity index (χ0v) is 27.0. The van der Waals surface area contributed by atoms with Crippen LogP contribution < -0.4 is 0 Å². The zero-order chi connectivity index (χ0) is 29.3. The van der Waals surface area contributed by atoms with Crippen molar-refractivity contribution in [3.63, 3.8) is 0 Å². The molecule has 0 saturated heterocycles. The van der Waals surface area contributed by atoms with E-state index in [0.717, 1.165) is 55.5 Å². The van der Waals surface area contributed by atoms with Gasteiger partial charge in [-0.25, -0.2) is 0 Å². The molecular formula is C36H34IrNO4-. The van der Waals surface area contributed by atoms with E-state index < -0.39 is 0 Å². The molecule has 6 heteroatoms. The first-order valence-electron chi connectivity index (χ1n) is 13.9. The summed E-state index contributed by atoms with van der Waals surface area (Å²) in [7, 11) is 0. The largest absolute Gasteiger partial charge is 0.512 e. The Balaban J connectivity index is 0.000000454. The summed E-state index contributed by atoms with van der Waals surface area (Å²) < 4.78 is 12.5. The van der Waals surface area contributed by atoms with Gasteiger partial charge in [-0.1, -0.05) is 69.0 Å². The zero-order valence-electron chi connectivity index (χ0n) is 24.6. The fraction of sp³-hybridized carbons (Fsp3) is 0.222. The Morgan fingerprint density at radius 2 is 1.57 bits per heavy atom. The van der Waals surface area contributed by atoms with Gasteiger partial charge < -0.3 is 18.9 Å². The molecule has 1 N–H and O–H groups in total. The number of furan rings is 2. The van der Waals surface area contributed by atoms with Crippen LogP contribution in [0.1, 0.15) is 64.5 Å². The van der Waals surface area contributed by atoms with E-state index in [1.807, 2.05) is 30.3 Å². The quantitative estimate of drug-likeness (QED) is 0.108. The van der Waals surface area contributed by atoms with Gasteiger partial charge in [-0.05, 0) is 66.8 Å². The average Bonchev–Trinajstić information content (AvgIpc) is 3.53. The fourth-order valence-electron chi connectivity index (χ4n) is 4.88. The van der Waals surface area contributed by atoms with Gasteiger partial charge in [0.2, 0.25) is 0 Å². The molecular weight excluding hydrogens is 703 g/mol. The van der Waals surface area contributed by atoms with Crippen molar-refractivity contribution in [3.05, 3.63) is 102 Å². The van der Waals surface area contributed by atoms with Crippen LogP contribution in [0, 0.1) is 6.07 Å². The third kappa shape index (κ3) is 6.56. The topological polar surface area (TPSA) is 76.5 Å². The molecule has 0 atom stereocenters. The first-order valence-corrected chi connectivity index (χ1v) is 13.9. The van der Waals surface area contributed by atoms with Crippen molar-refractivity contribution >= 4 is 38.7 Å². The molecule has 6 rings (SSSR count). The summed E-state index contributed by atoms with van der Waals surface area (Å²) >= 11 is 0. The van der Waals surface area contributed by atoms with Crippen molar-refractivity contribution in [1.29, 1.82) is 0 Å². The van der Waals surface area contributed by atoms with Crippen LogP contribution in [0.4, 0.5) is 0 Å². The smallest absolute Gasteiger partial charge is 0.155 e. The van der Waals surface area contributed by atoms with Crippen LogP contribution in [0.15, 0.2) is 93.6 Å². The summed E-state index contributed by atoms with van der Waals surface area (Å²) in [6.45, 7) is 11.8. The molecule has 42 heavy (non-hydrogen) atoms. The number of aromatic nitrogens is 1. The van der Waals surface area contributed by atoms with E-state index >= 15 is 0 Å². The van der Waals surface area contributed by atoms with Gasteiger partial charge in [-0.15, -0.1) is 18.2 Å². The average molecular weight is 737 g/mol. The van der Waals surface area contributed by atoms with Gasteiger partial charge in [-0.3, -0.25) is 4.79 Å². The van der Waals surface area contributed by atoms with Crippen molar-refractivity contribution in [3.8, 4) is 22.6 Å². The SMILES string of the molecule is CC(=O)/C=C(/C)O.CC(C)c1cc(-c2cc3cc(-c4[c-]ccc5c4oc4ccccc45)ncc3o2)cc(C(C)C)c1.[Ir]. The van der Waals surface area contributed by atoms with Crippen LogP contribution >= 0.6 is 0 Å². The standard InChI is InChI=1S/C31H26NO2.C5H8O2.Ir/c1-18(2)20-12-21(19(3)4)14-22(13-20)29-16-23-15-27(32-17-30(23)33-29)26-10-7-9-25-24-8-5-6-11-28(24)34-31(25)26;1-4(6)3-5(2)7;/h5-9,11-19H,1-4H3;3,6H,1-2H3;/q-1;;/b;4-3-;. The minimum atomic E-state index is -0.125. The number of pyridine rings is 1. The van der Waals surface area contributed by atoms with E-state index in [1.54, 1.807) is 6.20 Å². The molecule has 0 unspecified atom stereocenters. The van der Waals surface area contributed by atoms with Crippen LogP contribution in [-0.4, -0.2) is 15.9 Å². The third-order valence-corrected chi connectivity index (χ3v) is 7.01. The Labute approximate surface area is 259 Å². The number of nitrogens with zero attached hydrogens (tertiary/aromatic N) is 1. The molecule has 0 spiro atoms. The predicted molar refractivity (Wildman–Crippen MR) is 166 cm³/mol. The van der Waals surface area contributed by atoms with Crippen molar-refractivity contribution in [2.75, 3.05) is 0 Å². The Kier molecular flexibility index (Phi) is 9.50. The minimum Gasteiger partial charge on any atom is -0.512 e. The maximum Gasteiger partial charge on any atom is 0.155 e. The molecule has 0 bridgehead atoms. The monoisotopic (exact) mass is 737 g/mol. The van der Waals surface area contributed by atoms with Crippen LogP contribution in [0.2, 0.25) is 0 Å². The van der Waals surface area contributed by atoms with Gasteiger partial charge in [0.1, 0.15) is 11.3 Å². The number of carbonyl (C=O) groups excluding carboxylic acids is 1. The number of para-hydroxylation sites is 1. The van der Waals surface area contributed by atoms with Crippen molar-refractivity contribution in [2.45, 2.75) is 53.4 Å². The molecule has 0 aliphatic carbocycles. The summed E-state index contributed by atoms with van der Waals surface area (Å²) in [5, 5.41) is 11.6. The molecule has 1 radical (unpaired) electrons. The molecule has 5 nitrogen and oxygen atoms in total. The predicted octanol–water partition coefficient (Wildman–Crippen LogP) is 10.1. The molecule has 3 aromatic carbocycles. The molecule has 3 heterocycles. The number of ketones is 1. The minimum absolute atomic E-state index is 0. The van der Waals surface area contributed by atoms with Gasteiger partial charge >= 0.3 is 0 Å². The summed E-state index contributed by atoms with van der Waals surface area (Å²) in [5.41, 5.74) is 7.90. The van der Waals surface area contributed by atoms with E-state index in [2.05, 4.69) is 70.2 Å². The summed E-state index contributed by atoms with van der Waals surface area (Å²) in [6, 6.07) is 26.4. The van der Waals surface area contributed by atoms with Gasteiger partial charge in [0.05, 0.1) is 17.5 Å². The number of hydrogen-bond acceptors (Lipinski definition) is 5. The molecule has 3 aromatic heterocycles. The van der Waals surface area contributed by atoms with Gasteiger partial charge in [0.25, 0.3) is 0 Å². The molecule has 0 amide bonds. The summed E-state index contributed by atoms with van der Waals surface area (Å²) in [5.74, 6) is 1.71. The van der Waals surface area contributed by atoms with E-state index in [9.17, 15) is 4.79 Å². The van der Waals surface area contributed by atoms with E-state index in [4.69, 9.17) is 18.9 Å². The normalized spacial score (nSPS) is 11.7. The maximum atomic E-state index is 10.0. The van der Waals surface area contributed by atoms with Crippen LogP contribution in [-0.2, 0) is 24.9 Å². The maximum absolute atomic E-state index is 10.0. The van der Waals surface area contributed by atoms with E-state index in [1.165, 1.54) is 31.1 Å². The Bertz CT molecular complexity index is 1880. The van der Waals surface area contributed by atoms with Crippen LogP contribution in [0.25, 0.3) is 55.5 Å². The number of aliphatic hydroxyl groups is 1. The van der Waals surface area contributed by atoms with Crippen molar-refractivity contribution < 1.29 is 38.8 Å². The van der Waals surface area contributed by atoms with E-state index in [-0.39, 0.29) is 31.6 Å². The van der Waals surface area contributed by atoms with Crippen molar-refractivity contribution in [2.24, 2.45) is 0 Å². The number of allylic oxidation sites excluding steroid dienone is 2. The first-order chi connectivity index (χ1) is 19.6. The number of rotatable bonds is 5. The third-order valence-electron chi connectivity index (χ3n) is 7.01. The molecule has 0 aliphatic heterocycles. The van der Waals surface area contributed by atoms with E-state index in [0.29, 0.717) is 11.8 Å². The summed E-state index contributed by atoms with van der Waals surface area (Å²) in [4.78, 5) is 14.7. The van der Waals surface area contributed by atoms with Gasteiger partial charge in [0, 0.05) is 42.5 Å². The Morgan fingerprint density at radius 3 is 2.19 bits per heavy atom. The Hall–Kier alpha value is -3.99. The number of aliphatic hydroxyl groups excluding tert-OH is 1. The second kappa shape index (κ2) is 12.9. The second-order valence-electron chi connectivity index (χ2n) is 11.0. The number of benzene rings is 3. The molecule has 0 fully saturated rings. The van der Waals surface area contributed by atoms with Gasteiger partial charge in [0.15, 0.2) is 11.4 Å². The second-order valence-corrected chi connectivity index (χ2v) is 11.0. The molecule has 0 aliphatic rings. The first kappa shape index (κ1) is 31.0. The molecule has 0 saturated carbocycles. The summed E-state index contributed by atoms with van der Waals surface area (Å²) in [6.07, 6.45) is 2.97. The van der Waals surface area contributed by atoms with Gasteiger partial charge in [-0.2, -0.15) is 0 Å². The number of carbonyl (C=O) groups is 1. The number of fused-ring (bicyclic) bond motifs is 4. The fourth-order valence-corrected chi connectivity index (χ4v) is 4.88. The number of hydrogen-bond donors (Lipinski definition) is 1. The molecule has 6 aromatic rings. The van der Waals surface area contributed by atoms with Crippen LogP contribution in [0.3, 0.4) is 0 Å².